The van der Waals surface area contributed by atoms with Gasteiger partial charge in [0.05, 0.1) is 5.56 Å². The number of hydrogen-bond acceptors (Lipinski definition) is 1. The molecule has 0 aliphatic rings. The van der Waals surface area contributed by atoms with Crippen LogP contribution in [-0.2, 0) is 5.41 Å². The maximum absolute atomic E-state index is 10.8. The lowest BCUT2D eigenvalue weighted by Gasteiger charge is -2.25. The SMILES string of the molecule is CCCCCCCC(C)(C)c1ccc(C(=O)O)cc1. The maximum atomic E-state index is 10.8. The van der Waals surface area contributed by atoms with Crippen LogP contribution < -0.4 is 0 Å². The first kappa shape index (κ1) is 15.7. The van der Waals surface area contributed by atoms with Crippen molar-refractivity contribution in [2.45, 2.75) is 64.7 Å². The van der Waals surface area contributed by atoms with Gasteiger partial charge in [0.1, 0.15) is 0 Å². The van der Waals surface area contributed by atoms with Crippen molar-refractivity contribution in [3.05, 3.63) is 35.4 Å². The summed E-state index contributed by atoms with van der Waals surface area (Å²) in [6.45, 7) is 6.71. The summed E-state index contributed by atoms with van der Waals surface area (Å²) in [5.41, 5.74) is 1.72. The number of carbonyl (C=O) groups is 1. The molecule has 19 heavy (non-hydrogen) atoms. The van der Waals surface area contributed by atoms with Gasteiger partial charge in [-0.05, 0) is 29.5 Å². The van der Waals surface area contributed by atoms with E-state index in [1.807, 2.05) is 12.1 Å². The number of carboxylic acids is 1. The monoisotopic (exact) mass is 262 g/mol. The molecule has 1 rings (SSSR count). The molecule has 0 spiro atoms. The summed E-state index contributed by atoms with van der Waals surface area (Å²) in [5, 5.41) is 8.90. The normalized spacial score (nSPS) is 11.5. The van der Waals surface area contributed by atoms with Gasteiger partial charge in [0.2, 0.25) is 0 Å². The van der Waals surface area contributed by atoms with Crippen LogP contribution in [0.2, 0.25) is 0 Å². The standard InChI is InChI=1S/C17H26O2/c1-4-5-6-7-8-13-17(2,3)15-11-9-14(10-12-15)16(18)19/h9-12H,4-8,13H2,1-3H3,(H,18,19). The number of hydrogen-bond donors (Lipinski definition) is 1. The zero-order valence-corrected chi connectivity index (χ0v) is 12.4. The van der Waals surface area contributed by atoms with Gasteiger partial charge in [0.25, 0.3) is 0 Å². The minimum atomic E-state index is -0.857. The van der Waals surface area contributed by atoms with Gasteiger partial charge in [-0.1, -0.05) is 65.0 Å². The zero-order chi connectivity index (χ0) is 14.3. The molecule has 0 unspecified atom stereocenters. The van der Waals surface area contributed by atoms with Crippen molar-refractivity contribution in [1.29, 1.82) is 0 Å². The predicted octanol–water partition coefficient (Wildman–Crippen LogP) is 5.02. The molecule has 0 atom stereocenters. The Morgan fingerprint density at radius 3 is 2.16 bits per heavy atom. The second-order valence-corrected chi connectivity index (χ2v) is 5.93. The van der Waals surface area contributed by atoms with Crippen molar-refractivity contribution in [3.8, 4) is 0 Å². The molecule has 2 heteroatoms. The van der Waals surface area contributed by atoms with Gasteiger partial charge in [-0.15, -0.1) is 0 Å². The minimum Gasteiger partial charge on any atom is -0.478 e. The first-order chi connectivity index (χ1) is 8.97. The van der Waals surface area contributed by atoms with Gasteiger partial charge in [0, 0.05) is 0 Å². The Labute approximate surface area is 116 Å². The molecule has 0 aliphatic carbocycles. The fourth-order valence-corrected chi connectivity index (χ4v) is 2.38. The molecule has 1 aromatic rings. The lowest BCUT2D eigenvalue weighted by Crippen LogP contribution is -2.17. The van der Waals surface area contributed by atoms with E-state index in [2.05, 4.69) is 20.8 Å². The van der Waals surface area contributed by atoms with Crippen molar-refractivity contribution in [1.82, 2.24) is 0 Å². The van der Waals surface area contributed by atoms with Gasteiger partial charge in [-0.25, -0.2) is 4.79 Å². The summed E-state index contributed by atoms with van der Waals surface area (Å²) in [6, 6.07) is 7.32. The Morgan fingerprint density at radius 1 is 1.05 bits per heavy atom. The van der Waals surface area contributed by atoms with Gasteiger partial charge < -0.3 is 5.11 Å². The van der Waals surface area contributed by atoms with Crippen LogP contribution in [0.1, 0.15) is 75.2 Å². The topological polar surface area (TPSA) is 37.3 Å². The number of benzene rings is 1. The van der Waals surface area contributed by atoms with Crippen LogP contribution in [0.15, 0.2) is 24.3 Å². The highest BCUT2D eigenvalue weighted by Gasteiger charge is 2.20. The van der Waals surface area contributed by atoms with E-state index in [1.165, 1.54) is 37.7 Å². The lowest BCUT2D eigenvalue weighted by molar-refractivity contribution is 0.0697. The molecule has 0 amide bonds. The molecule has 0 saturated heterocycles. The highest BCUT2D eigenvalue weighted by molar-refractivity contribution is 5.87. The van der Waals surface area contributed by atoms with E-state index in [-0.39, 0.29) is 5.41 Å². The minimum absolute atomic E-state index is 0.128. The van der Waals surface area contributed by atoms with Crippen LogP contribution in [0.25, 0.3) is 0 Å². The molecule has 0 saturated carbocycles. The van der Waals surface area contributed by atoms with E-state index >= 15 is 0 Å². The molecular formula is C17H26O2. The van der Waals surface area contributed by atoms with E-state index < -0.39 is 5.97 Å². The highest BCUT2D eigenvalue weighted by Crippen LogP contribution is 2.29. The van der Waals surface area contributed by atoms with Crippen LogP contribution >= 0.6 is 0 Å². The van der Waals surface area contributed by atoms with E-state index in [0.29, 0.717) is 5.56 Å². The Hall–Kier alpha value is -1.31. The van der Waals surface area contributed by atoms with Crippen LogP contribution in [0.5, 0.6) is 0 Å². The maximum Gasteiger partial charge on any atom is 0.335 e. The van der Waals surface area contributed by atoms with Gasteiger partial charge in [-0.3, -0.25) is 0 Å². The van der Waals surface area contributed by atoms with Crippen LogP contribution in [0, 0.1) is 0 Å². The molecule has 1 N–H and O–H groups in total. The van der Waals surface area contributed by atoms with Crippen LogP contribution in [0.3, 0.4) is 0 Å². The predicted molar refractivity (Wildman–Crippen MR) is 79.8 cm³/mol. The molecule has 1 aromatic carbocycles. The first-order valence-electron chi connectivity index (χ1n) is 7.31. The Balaban J connectivity index is 2.53. The molecule has 2 nitrogen and oxygen atoms in total. The van der Waals surface area contributed by atoms with E-state index in [0.717, 1.165) is 6.42 Å². The van der Waals surface area contributed by atoms with E-state index in [4.69, 9.17) is 5.11 Å². The largest absolute Gasteiger partial charge is 0.478 e. The smallest absolute Gasteiger partial charge is 0.335 e. The molecular weight excluding hydrogens is 236 g/mol. The highest BCUT2D eigenvalue weighted by atomic mass is 16.4. The van der Waals surface area contributed by atoms with Crippen molar-refractivity contribution in [2.75, 3.05) is 0 Å². The van der Waals surface area contributed by atoms with Crippen LogP contribution in [-0.4, -0.2) is 11.1 Å². The average molecular weight is 262 g/mol. The molecule has 0 bridgehead atoms. The number of rotatable bonds is 8. The summed E-state index contributed by atoms with van der Waals surface area (Å²) >= 11 is 0. The Kier molecular flexibility index (Phi) is 6.07. The summed E-state index contributed by atoms with van der Waals surface area (Å²) < 4.78 is 0. The third kappa shape index (κ3) is 5.06. The van der Waals surface area contributed by atoms with Crippen molar-refractivity contribution in [2.24, 2.45) is 0 Å². The molecule has 0 aromatic heterocycles. The summed E-state index contributed by atoms with van der Waals surface area (Å²) in [7, 11) is 0. The molecule has 0 aliphatic heterocycles. The summed E-state index contributed by atoms with van der Waals surface area (Å²) in [4.78, 5) is 10.8. The fourth-order valence-electron chi connectivity index (χ4n) is 2.38. The number of unbranched alkanes of at least 4 members (excludes halogenated alkanes) is 4. The molecule has 0 radical (unpaired) electrons. The third-order valence-corrected chi connectivity index (χ3v) is 3.82. The van der Waals surface area contributed by atoms with E-state index in [9.17, 15) is 4.79 Å². The quantitative estimate of drug-likeness (QED) is 0.668. The van der Waals surface area contributed by atoms with Gasteiger partial charge >= 0.3 is 5.97 Å². The number of carboxylic acid groups (broad SMARTS) is 1. The fraction of sp³-hybridized carbons (Fsp3) is 0.588. The average Bonchev–Trinajstić information content (AvgIpc) is 2.38. The van der Waals surface area contributed by atoms with Crippen molar-refractivity contribution < 1.29 is 9.90 Å². The zero-order valence-electron chi connectivity index (χ0n) is 12.4. The summed E-state index contributed by atoms with van der Waals surface area (Å²) in [5.74, 6) is -0.857. The Morgan fingerprint density at radius 2 is 1.63 bits per heavy atom. The Bertz CT molecular complexity index is 390. The molecule has 0 heterocycles. The molecule has 0 fully saturated rings. The molecule has 106 valence electrons. The first-order valence-corrected chi connectivity index (χ1v) is 7.31. The van der Waals surface area contributed by atoms with Crippen LogP contribution in [0.4, 0.5) is 0 Å². The number of aromatic carboxylic acids is 1. The van der Waals surface area contributed by atoms with Crippen molar-refractivity contribution >= 4 is 5.97 Å². The second-order valence-electron chi connectivity index (χ2n) is 5.93. The van der Waals surface area contributed by atoms with Gasteiger partial charge in [-0.2, -0.15) is 0 Å². The third-order valence-electron chi connectivity index (χ3n) is 3.82. The lowest BCUT2D eigenvalue weighted by atomic mass is 9.79. The summed E-state index contributed by atoms with van der Waals surface area (Å²) in [6.07, 6.45) is 7.62. The van der Waals surface area contributed by atoms with E-state index in [1.54, 1.807) is 12.1 Å². The van der Waals surface area contributed by atoms with Crippen molar-refractivity contribution in [3.63, 3.8) is 0 Å². The second kappa shape index (κ2) is 7.32. The van der Waals surface area contributed by atoms with Gasteiger partial charge in [0.15, 0.2) is 0 Å².